The minimum atomic E-state index is -0.0297. The second-order valence-corrected chi connectivity index (χ2v) is 12.0. The summed E-state index contributed by atoms with van der Waals surface area (Å²) in [5.74, 6) is 0.939. The number of aryl methyl sites for hydroxylation is 1. The van der Waals surface area contributed by atoms with Crippen molar-refractivity contribution in [3.8, 4) is 0 Å². The Morgan fingerprint density at radius 2 is 0.975 bits per heavy atom. The molecule has 0 spiro atoms. The van der Waals surface area contributed by atoms with Crippen LogP contribution in [0.4, 0.5) is 11.8 Å². The van der Waals surface area contributed by atoms with E-state index in [1.165, 1.54) is 103 Å². The van der Waals surface area contributed by atoms with Gasteiger partial charge in [-0.15, -0.1) is 0 Å². The topological polar surface area (TPSA) is 84.0 Å². The molecule has 0 radical (unpaired) electrons. The molecule has 6 nitrogen and oxygen atoms in total. The number of hydrogen-bond acceptors (Lipinski definition) is 4. The van der Waals surface area contributed by atoms with Gasteiger partial charge in [0.1, 0.15) is 5.82 Å². The fourth-order valence-electron chi connectivity index (χ4n) is 5.68. The highest BCUT2D eigenvalue weighted by molar-refractivity contribution is 5.92. The number of hydrogen-bond donors (Lipinski definition) is 2. The van der Waals surface area contributed by atoms with Gasteiger partial charge in [0, 0.05) is 18.4 Å². The van der Waals surface area contributed by atoms with Crippen molar-refractivity contribution in [3.05, 3.63) is 11.3 Å². The van der Waals surface area contributed by atoms with Crippen LogP contribution in [0, 0.1) is 0 Å². The Labute approximate surface area is 245 Å². The predicted octanol–water partition coefficient (Wildman–Crippen LogP) is 9.85. The van der Waals surface area contributed by atoms with Gasteiger partial charge < -0.3 is 5.32 Å². The summed E-state index contributed by atoms with van der Waals surface area (Å²) in [5, 5.41) is 5.97. The molecule has 2 amide bonds. The Bertz CT molecular complexity index is 826. The van der Waals surface area contributed by atoms with Gasteiger partial charge in [0.15, 0.2) is 0 Å². The van der Waals surface area contributed by atoms with E-state index in [1.54, 1.807) is 0 Å². The zero-order valence-electron chi connectivity index (χ0n) is 26.1. The number of nitrogens with one attached hydrogen (secondary N) is 2. The van der Waals surface area contributed by atoms with Gasteiger partial charge in [0.25, 0.3) is 0 Å². The zero-order valence-corrected chi connectivity index (χ0v) is 26.1. The van der Waals surface area contributed by atoms with E-state index >= 15 is 0 Å². The second kappa shape index (κ2) is 22.7. The molecule has 0 unspecified atom stereocenters. The molecule has 0 aromatic carbocycles. The summed E-state index contributed by atoms with van der Waals surface area (Å²) in [7, 11) is 0. The number of carbonyl (C=O) groups is 2. The van der Waals surface area contributed by atoms with Crippen molar-refractivity contribution in [2.45, 2.75) is 181 Å². The van der Waals surface area contributed by atoms with E-state index in [2.05, 4.69) is 34.4 Å². The molecule has 1 aliphatic carbocycles. The molecule has 1 aromatic rings. The Morgan fingerprint density at radius 1 is 0.550 bits per heavy atom. The predicted molar refractivity (Wildman–Crippen MR) is 169 cm³/mol. The first-order chi connectivity index (χ1) is 19.6. The first kappa shape index (κ1) is 34.2. The molecule has 0 fully saturated rings. The molecule has 1 aliphatic rings. The maximum absolute atomic E-state index is 12.7. The van der Waals surface area contributed by atoms with Crippen molar-refractivity contribution in [1.82, 2.24) is 9.97 Å². The van der Waals surface area contributed by atoms with Gasteiger partial charge in [-0.25, -0.2) is 4.98 Å². The highest BCUT2D eigenvalue weighted by Crippen LogP contribution is 2.27. The maximum Gasteiger partial charge on any atom is 0.231 e. The molecule has 0 saturated heterocycles. The largest absolute Gasteiger partial charge is 0.310 e. The first-order valence-electron chi connectivity index (χ1n) is 17.1. The molecular formula is C34H60N4O2. The SMILES string of the molecule is CCCCCCCCCCCCC(=O)Nc1nc2c(c(NC(=O)CCCCCCCCCCCC)n1)CCCC2. The minimum Gasteiger partial charge on any atom is -0.310 e. The lowest BCUT2D eigenvalue weighted by molar-refractivity contribution is -0.117. The van der Waals surface area contributed by atoms with Gasteiger partial charge in [-0.3, -0.25) is 14.9 Å². The Morgan fingerprint density at radius 3 is 1.48 bits per heavy atom. The number of anilines is 2. The molecule has 6 heteroatoms. The average molecular weight is 557 g/mol. The minimum absolute atomic E-state index is 0.0219. The number of amides is 2. The summed E-state index contributed by atoms with van der Waals surface area (Å²) in [6, 6.07) is 0. The Kier molecular flexibility index (Phi) is 19.4. The monoisotopic (exact) mass is 556 g/mol. The molecular weight excluding hydrogens is 496 g/mol. The van der Waals surface area contributed by atoms with Crippen molar-refractivity contribution in [1.29, 1.82) is 0 Å². The Balaban J connectivity index is 1.68. The number of carbonyl (C=O) groups excluding carboxylic acids is 2. The van der Waals surface area contributed by atoms with Crippen LogP contribution in [-0.4, -0.2) is 21.8 Å². The molecule has 0 aliphatic heterocycles. The lowest BCUT2D eigenvalue weighted by atomic mass is 9.96. The highest BCUT2D eigenvalue weighted by atomic mass is 16.2. The Hall–Kier alpha value is -1.98. The summed E-state index contributed by atoms with van der Waals surface area (Å²) in [6.45, 7) is 4.51. The van der Waals surface area contributed by atoms with Gasteiger partial charge in [-0.2, -0.15) is 4.98 Å². The van der Waals surface area contributed by atoms with E-state index in [9.17, 15) is 9.59 Å². The van der Waals surface area contributed by atoms with Gasteiger partial charge in [0.2, 0.25) is 17.8 Å². The zero-order chi connectivity index (χ0) is 28.7. The molecule has 2 rings (SSSR count). The van der Waals surface area contributed by atoms with E-state index in [0.29, 0.717) is 24.6 Å². The second-order valence-electron chi connectivity index (χ2n) is 12.0. The number of nitrogens with zero attached hydrogens (tertiary/aromatic N) is 2. The van der Waals surface area contributed by atoms with Crippen LogP contribution in [0.25, 0.3) is 0 Å². The molecule has 2 N–H and O–H groups in total. The number of aromatic nitrogens is 2. The van der Waals surface area contributed by atoms with Crippen molar-refractivity contribution in [2.24, 2.45) is 0 Å². The van der Waals surface area contributed by atoms with Gasteiger partial charge >= 0.3 is 0 Å². The molecule has 228 valence electrons. The summed E-state index contributed by atoms with van der Waals surface area (Å²) in [4.78, 5) is 34.6. The molecule has 0 bridgehead atoms. The lowest BCUT2D eigenvalue weighted by Crippen LogP contribution is -2.21. The molecule has 1 heterocycles. The van der Waals surface area contributed by atoms with Crippen molar-refractivity contribution in [2.75, 3.05) is 10.6 Å². The summed E-state index contributed by atoms with van der Waals surface area (Å²) in [6.07, 6.45) is 30.0. The van der Waals surface area contributed by atoms with E-state index in [-0.39, 0.29) is 11.8 Å². The van der Waals surface area contributed by atoms with Crippen molar-refractivity contribution >= 4 is 23.6 Å². The van der Waals surface area contributed by atoms with E-state index in [4.69, 9.17) is 0 Å². The number of rotatable bonds is 24. The third-order valence-electron chi connectivity index (χ3n) is 8.21. The van der Waals surface area contributed by atoms with Gasteiger partial charge in [-0.1, -0.05) is 129 Å². The third-order valence-corrected chi connectivity index (χ3v) is 8.21. The molecule has 40 heavy (non-hydrogen) atoms. The quantitative estimate of drug-likeness (QED) is 0.124. The van der Waals surface area contributed by atoms with Crippen LogP contribution in [0.3, 0.4) is 0 Å². The fraction of sp³-hybridized carbons (Fsp3) is 0.824. The summed E-state index contributed by atoms with van der Waals surface area (Å²) < 4.78 is 0. The summed E-state index contributed by atoms with van der Waals surface area (Å²) >= 11 is 0. The van der Waals surface area contributed by atoms with Crippen LogP contribution >= 0.6 is 0 Å². The van der Waals surface area contributed by atoms with Gasteiger partial charge in [0.05, 0.1) is 5.69 Å². The van der Waals surface area contributed by atoms with E-state index in [1.807, 2.05) is 0 Å². The molecule has 0 atom stereocenters. The van der Waals surface area contributed by atoms with Crippen LogP contribution < -0.4 is 10.6 Å². The lowest BCUT2D eigenvalue weighted by Gasteiger charge is -2.19. The van der Waals surface area contributed by atoms with E-state index in [0.717, 1.165) is 62.6 Å². The normalized spacial score (nSPS) is 12.8. The summed E-state index contributed by atoms with van der Waals surface area (Å²) in [5.41, 5.74) is 2.03. The highest BCUT2D eigenvalue weighted by Gasteiger charge is 2.20. The standard InChI is InChI=1S/C34H60N4O2/c1-3-5-7-9-11-13-15-17-19-21-27-31(39)36-33-29-25-23-24-26-30(29)35-34(38-33)37-32(40)28-22-20-18-16-14-12-10-8-6-4-2/h3-28H2,1-2H3,(H2,35,36,37,38,39,40). The number of unbranched alkanes of at least 4 members (excludes halogenated alkanes) is 18. The van der Waals surface area contributed by atoms with E-state index < -0.39 is 0 Å². The first-order valence-corrected chi connectivity index (χ1v) is 17.1. The van der Waals surface area contributed by atoms with Crippen LogP contribution in [-0.2, 0) is 22.4 Å². The molecule has 1 aromatic heterocycles. The smallest absolute Gasteiger partial charge is 0.231 e. The maximum atomic E-state index is 12.7. The van der Waals surface area contributed by atoms with Crippen LogP contribution in [0.5, 0.6) is 0 Å². The molecule has 0 saturated carbocycles. The number of fused-ring (bicyclic) bond motifs is 1. The average Bonchev–Trinajstić information content (AvgIpc) is 2.95. The third kappa shape index (κ3) is 15.7. The van der Waals surface area contributed by atoms with Crippen molar-refractivity contribution < 1.29 is 9.59 Å². The van der Waals surface area contributed by atoms with Crippen LogP contribution in [0.15, 0.2) is 0 Å². The van der Waals surface area contributed by atoms with Crippen molar-refractivity contribution in [3.63, 3.8) is 0 Å². The fourth-order valence-corrected chi connectivity index (χ4v) is 5.68. The van der Waals surface area contributed by atoms with Crippen LogP contribution in [0.2, 0.25) is 0 Å². The van der Waals surface area contributed by atoms with Gasteiger partial charge in [-0.05, 0) is 38.5 Å². The van der Waals surface area contributed by atoms with Crippen LogP contribution in [0.1, 0.15) is 179 Å².